The number of rotatable bonds is 9. The molecule has 2 aliphatic heterocycles. The summed E-state index contributed by atoms with van der Waals surface area (Å²) in [4.78, 5) is 43.8. The molecule has 0 radical (unpaired) electrons. The van der Waals surface area contributed by atoms with Crippen molar-refractivity contribution >= 4 is 30.1 Å². The number of nitrogens with one attached hydrogen (secondary N) is 2. The Morgan fingerprint density at radius 2 is 1.62 bits per heavy atom. The maximum absolute atomic E-state index is 14.2. The van der Waals surface area contributed by atoms with Crippen molar-refractivity contribution in [2.45, 2.75) is 75.7 Å². The van der Waals surface area contributed by atoms with Crippen LogP contribution in [0.5, 0.6) is 11.5 Å². The van der Waals surface area contributed by atoms with E-state index in [0.29, 0.717) is 55.2 Å². The summed E-state index contributed by atoms with van der Waals surface area (Å²) in [7, 11) is 1.59. The lowest BCUT2D eigenvalue weighted by Gasteiger charge is -2.52. The Kier molecular flexibility index (Phi) is 11.2. The first kappa shape index (κ1) is 35.1. The van der Waals surface area contributed by atoms with Crippen LogP contribution in [0.15, 0.2) is 72.9 Å². The maximum Gasteiger partial charge on any atom is 0.253 e. The monoisotopic (exact) mass is 678 g/mol. The number of benzene rings is 2. The molecule has 3 heterocycles. The number of piperidine rings is 1. The van der Waals surface area contributed by atoms with Gasteiger partial charge in [-0.05, 0) is 79.6 Å². The van der Waals surface area contributed by atoms with Crippen LogP contribution < -0.4 is 20.1 Å². The molecule has 3 amide bonds. The van der Waals surface area contributed by atoms with Crippen molar-refractivity contribution in [3.63, 3.8) is 0 Å². The molecule has 256 valence electrons. The van der Waals surface area contributed by atoms with E-state index < -0.39 is 17.7 Å². The second-order valence-electron chi connectivity index (χ2n) is 13.0. The standard InChI is InChI=1S/C36H43N5O6.ClH/c1-37-33(43)27-12-16-30(17-13-27)47-29-14-10-25(11-15-29)23-39-21-18-36(19-22-39)35(45)38-31(32(42)26-7-3-2-4-8-26)34(44)40(36)24-28-9-5-6-20-41(28)46;/h5-6,9-17,20,26,31-32,42H,2-4,7-8,18-19,21-24H2,1H3,(H2-,37,38,43,45,46);1H/p+1/t31-,32-;/m1./s1. The van der Waals surface area contributed by atoms with Gasteiger partial charge in [-0.1, -0.05) is 31.4 Å². The Morgan fingerprint density at radius 3 is 2.25 bits per heavy atom. The number of carbonyl (C=O) groups is 3. The maximum atomic E-state index is 14.2. The lowest BCUT2D eigenvalue weighted by Crippen LogP contribution is -2.74. The van der Waals surface area contributed by atoms with Crippen molar-refractivity contribution in [3.05, 3.63) is 89.7 Å². The highest BCUT2D eigenvalue weighted by Crippen LogP contribution is 2.37. The molecule has 1 aliphatic carbocycles. The van der Waals surface area contributed by atoms with Crippen LogP contribution in [0.4, 0.5) is 0 Å². The average molecular weight is 679 g/mol. The van der Waals surface area contributed by atoms with Crippen LogP contribution in [-0.4, -0.2) is 75.7 Å². The Hall–Kier alpha value is -4.19. The number of pyridine rings is 1. The molecule has 0 bridgehead atoms. The van der Waals surface area contributed by atoms with E-state index in [4.69, 9.17) is 4.74 Å². The van der Waals surface area contributed by atoms with Crippen LogP contribution in [0.25, 0.3) is 0 Å². The van der Waals surface area contributed by atoms with Crippen molar-refractivity contribution in [3.8, 4) is 11.5 Å². The number of ether oxygens (including phenoxy) is 1. The number of hydrogen-bond acceptors (Lipinski definition) is 7. The van der Waals surface area contributed by atoms with Crippen molar-refractivity contribution in [2.24, 2.45) is 5.92 Å². The molecule has 2 atom stereocenters. The molecule has 2 saturated heterocycles. The van der Waals surface area contributed by atoms with Gasteiger partial charge in [0.25, 0.3) is 11.6 Å². The number of likely N-dealkylation sites (tertiary alicyclic amines) is 1. The number of aliphatic hydroxyl groups excluding tert-OH is 1. The van der Waals surface area contributed by atoms with Crippen LogP contribution in [0.3, 0.4) is 0 Å². The summed E-state index contributed by atoms with van der Waals surface area (Å²) in [6.45, 7) is 1.92. The Labute approximate surface area is 287 Å². The molecule has 1 saturated carbocycles. The van der Waals surface area contributed by atoms with E-state index in [0.717, 1.165) is 42.4 Å². The van der Waals surface area contributed by atoms with Gasteiger partial charge < -0.3 is 25.4 Å². The van der Waals surface area contributed by atoms with E-state index in [1.54, 1.807) is 54.4 Å². The smallest absolute Gasteiger partial charge is 0.253 e. The van der Waals surface area contributed by atoms with Crippen molar-refractivity contribution in [1.82, 2.24) is 20.4 Å². The third-order valence-electron chi connectivity index (χ3n) is 10.1. The zero-order valence-electron chi connectivity index (χ0n) is 27.2. The zero-order valence-corrected chi connectivity index (χ0v) is 28.0. The molecule has 12 heteroatoms. The third-order valence-corrected chi connectivity index (χ3v) is 10.1. The third kappa shape index (κ3) is 7.43. The van der Waals surface area contributed by atoms with E-state index in [2.05, 4.69) is 15.5 Å². The van der Waals surface area contributed by atoms with Crippen LogP contribution in [0.1, 0.15) is 66.6 Å². The molecular formula is C36H45ClN5O6+. The minimum atomic E-state index is -1.08. The number of carbonyl (C=O) groups excluding carboxylic acids is 3. The van der Waals surface area contributed by atoms with Crippen LogP contribution in [-0.2, 0) is 22.7 Å². The van der Waals surface area contributed by atoms with Gasteiger partial charge in [-0.2, -0.15) is 0 Å². The van der Waals surface area contributed by atoms with E-state index in [-0.39, 0.29) is 42.6 Å². The van der Waals surface area contributed by atoms with Gasteiger partial charge in [0.2, 0.25) is 18.0 Å². The number of nitrogens with zero attached hydrogens (tertiary/aromatic N) is 3. The van der Waals surface area contributed by atoms with Gasteiger partial charge in [0.15, 0.2) is 0 Å². The first-order valence-electron chi connectivity index (χ1n) is 16.6. The van der Waals surface area contributed by atoms with Gasteiger partial charge in [0, 0.05) is 49.1 Å². The van der Waals surface area contributed by atoms with Gasteiger partial charge in [-0.15, -0.1) is 12.4 Å². The number of aromatic nitrogens is 1. The number of piperazine rings is 1. The fourth-order valence-corrected chi connectivity index (χ4v) is 7.26. The highest BCUT2D eigenvalue weighted by atomic mass is 35.5. The number of amides is 3. The van der Waals surface area contributed by atoms with E-state index in [9.17, 15) is 24.7 Å². The minimum absolute atomic E-state index is 0. The Morgan fingerprint density at radius 1 is 0.979 bits per heavy atom. The first-order chi connectivity index (χ1) is 22.8. The fourth-order valence-electron chi connectivity index (χ4n) is 7.26. The molecule has 2 aromatic carbocycles. The van der Waals surface area contributed by atoms with Crippen molar-refractivity contribution < 1.29 is 34.2 Å². The van der Waals surface area contributed by atoms with Gasteiger partial charge in [0.1, 0.15) is 29.6 Å². The second-order valence-corrected chi connectivity index (χ2v) is 13.0. The number of halogens is 1. The number of hydrogen-bond donors (Lipinski definition) is 4. The summed E-state index contributed by atoms with van der Waals surface area (Å²) in [5.74, 6) is 0.605. The predicted molar refractivity (Wildman–Crippen MR) is 180 cm³/mol. The highest BCUT2D eigenvalue weighted by molar-refractivity contribution is 6.00. The van der Waals surface area contributed by atoms with E-state index in [1.807, 2.05) is 24.3 Å². The first-order valence-corrected chi connectivity index (χ1v) is 16.6. The summed E-state index contributed by atoms with van der Waals surface area (Å²) < 4.78 is 6.95. The fraction of sp³-hybridized carbons (Fsp3) is 0.444. The molecule has 48 heavy (non-hydrogen) atoms. The molecule has 6 rings (SSSR count). The lowest BCUT2D eigenvalue weighted by atomic mass is 9.78. The van der Waals surface area contributed by atoms with Gasteiger partial charge in [0.05, 0.1) is 6.10 Å². The zero-order chi connectivity index (χ0) is 33.0. The topological polar surface area (TPSA) is 135 Å². The minimum Gasteiger partial charge on any atom is -0.457 e. The average Bonchev–Trinajstić information content (AvgIpc) is 3.11. The van der Waals surface area contributed by atoms with Crippen LogP contribution in [0.2, 0.25) is 0 Å². The summed E-state index contributed by atoms with van der Waals surface area (Å²) in [6.07, 6.45) is 6.26. The summed E-state index contributed by atoms with van der Waals surface area (Å²) in [6, 6.07) is 19.0. The molecule has 1 spiro atoms. The highest BCUT2D eigenvalue weighted by Gasteiger charge is 2.56. The van der Waals surface area contributed by atoms with Gasteiger partial charge in [-0.3, -0.25) is 24.5 Å². The molecule has 11 nitrogen and oxygen atoms in total. The quantitative estimate of drug-likeness (QED) is 0.201. The SMILES string of the molecule is CNC(=O)c1ccc(Oc2ccc(CN3CCC4(CC3)C(=O)N[C@H]([C@H](O)C3CCCCC3)C(=O)N4Cc3cccc[n+]3O)cc2)cc1.Cl. The molecule has 3 aliphatic rings. The molecule has 3 fully saturated rings. The summed E-state index contributed by atoms with van der Waals surface area (Å²) in [5.41, 5.74) is 1.06. The Balaban J connectivity index is 0.00000451. The van der Waals surface area contributed by atoms with Gasteiger partial charge in [-0.25, -0.2) is 0 Å². The normalized spacial score (nSPS) is 20.5. The van der Waals surface area contributed by atoms with E-state index >= 15 is 0 Å². The van der Waals surface area contributed by atoms with E-state index in [1.165, 1.54) is 6.20 Å². The Bertz CT molecular complexity index is 1570. The molecule has 0 unspecified atom stereocenters. The van der Waals surface area contributed by atoms with Crippen LogP contribution in [0, 0.1) is 5.92 Å². The number of aliphatic hydroxyl groups is 1. The van der Waals surface area contributed by atoms with Crippen molar-refractivity contribution in [1.29, 1.82) is 0 Å². The summed E-state index contributed by atoms with van der Waals surface area (Å²) in [5, 5.41) is 27.4. The second kappa shape index (κ2) is 15.4. The molecule has 3 aromatic rings. The van der Waals surface area contributed by atoms with Crippen molar-refractivity contribution in [2.75, 3.05) is 20.1 Å². The molecular weight excluding hydrogens is 634 g/mol. The molecule has 4 N–H and O–H groups in total. The van der Waals surface area contributed by atoms with Crippen LogP contribution >= 0.6 is 12.4 Å². The largest absolute Gasteiger partial charge is 0.457 e. The summed E-state index contributed by atoms with van der Waals surface area (Å²) >= 11 is 0. The lowest BCUT2D eigenvalue weighted by molar-refractivity contribution is -0.910. The molecule has 1 aromatic heterocycles. The van der Waals surface area contributed by atoms with Gasteiger partial charge >= 0.3 is 0 Å². The predicted octanol–water partition coefficient (Wildman–Crippen LogP) is 3.59.